The number of nitrogens with zero attached hydrogens (tertiary/aromatic N) is 3. The molecule has 1 aromatic rings. The van der Waals surface area contributed by atoms with E-state index in [2.05, 4.69) is 4.36 Å². The van der Waals surface area contributed by atoms with Gasteiger partial charge in [-0.05, 0) is 39.0 Å². The van der Waals surface area contributed by atoms with Crippen molar-refractivity contribution in [2.45, 2.75) is 31.3 Å². The predicted molar refractivity (Wildman–Crippen MR) is 83.1 cm³/mol. The molecule has 8 heteroatoms. The maximum absolute atomic E-state index is 12.3. The molecule has 120 valence electrons. The number of hydrogen-bond donors (Lipinski definition) is 1. The van der Waals surface area contributed by atoms with Gasteiger partial charge in [-0.1, -0.05) is 0 Å². The number of anilines is 1. The smallest absolute Gasteiger partial charge is 0.414 e. The van der Waals surface area contributed by atoms with Crippen molar-refractivity contribution in [1.82, 2.24) is 0 Å². The van der Waals surface area contributed by atoms with E-state index in [0.29, 0.717) is 0 Å². The minimum absolute atomic E-state index is 0.120. The first-order chi connectivity index (χ1) is 9.98. The molecule has 0 fully saturated rings. The van der Waals surface area contributed by atoms with Crippen molar-refractivity contribution in [3.05, 3.63) is 18.2 Å². The number of benzene rings is 1. The first kappa shape index (κ1) is 17.8. The summed E-state index contributed by atoms with van der Waals surface area (Å²) < 4.78 is 20.9. The molecule has 0 saturated heterocycles. The van der Waals surface area contributed by atoms with E-state index >= 15 is 0 Å². The van der Waals surface area contributed by atoms with Crippen LogP contribution in [0.2, 0.25) is 0 Å². The van der Waals surface area contributed by atoms with Crippen molar-refractivity contribution in [3.63, 3.8) is 0 Å². The highest BCUT2D eigenvalue weighted by atomic mass is 32.2. The van der Waals surface area contributed by atoms with Gasteiger partial charge in [0, 0.05) is 13.3 Å². The highest BCUT2D eigenvalue weighted by Crippen LogP contribution is 2.30. The standard InChI is InChI=1S/C14H19N3O4S/c1-14(2,3)21-13(19)17(4)11-8-10(6-7-12(11)18)22(5,20)16-9-15/h6-8,18H,1-5H3. The van der Waals surface area contributed by atoms with Crippen LogP contribution in [0.3, 0.4) is 0 Å². The zero-order valence-corrected chi connectivity index (χ0v) is 14.0. The maximum atomic E-state index is 12.3. The van der Waals surface area contributed by atoms with Crippen molar-refractivity contribution in [3.8, 4) is 11.9 Å². The minimum atomic E-state index is -2.92. The summed E-state index contributed by atoms with van der Waals surface area (Å²) in [7, 11) is -1.50. The summed E-state index contributed by atoms with van der Waals surface area (Å²) in [6, 6.07) is 4.04. The topological polar surface area (TPSA) is 103 Å². The zero-order chi connectivity index (χ0) is 17.1. The van der Waals surface area contributed by atoms with Crippen LogP contribution in [-0.4, -0.2) is 34.3 Å². The van der Waals surface area contributed by atoms with E-state index < -0.39 is 21.4 Å². The monoisotopic (exact) mass is 325 g/mol. The van der Waals surface area contributed by atoms with E-state index in [4.69, 9.17) is 10.00 Å². The molecule has 1 aromatic carbocycles. The second-order valence-corrected chi connectivity index (χ2v) is 7.94. The minimum Gasteiger partial charge on any atom is -0.506 e. The Bertz CT molecular complexity index is 737. The van der Waals surface area contributed by atoms with Crippen molar-refractivity contribution < 1.29 is 18.8 Å². The van der Waals surface area contributed by atoms with Crippen LogP contribution < -0.4 is 4.90 Å². The average molecular weight is 325 g/mol. The number of hydrogen-bond acceptors (Lipinski definition) is 6. The molecule has 0 aromatic heterocycles. The Labute approximate surface area is 130 Å². The van der Waals surface area contributed by atoms with Gasteiger partial charge in [0.25, 0.3) is 0 Å². The van der Waals surface area contributed by atoms with Crippen molar-refractivity contribution >= 4 is 21.5 Å². The number of nitriles is 1. The SMILES string of the molecule is CN(C(=O)OC(C)(C)C)c1cc(S(C)(=O)=NC#N)ccc1O. The zero-order valence-electron chi connectivity index (χ0n) is 13.2. The summed E-state index contributed by atoms with van der Waals surface area (Å²) in [6.45, 7) is 5.17. The summed E-state index contributed by atoms with van der Waals surface area (Å²) in [4.78, 5) is 13.4. The lowest BCUT2D eigenvalue weighted by Gasteiger charge is -2.25. The second-order valence-electron chi connectivity index (χ2n) is 5.68. The molecule has 22 heavy (non-hydrogen) atoms. The number of rotatable bonds is 2. The molecular weight excluding hydrogens is 306 g/mol. The third-order valence-corrected chi connectivity index (χ3v) is 4.19. The van der Waals surface area contributed by atoms with Crippen molar-refractivity contribution in [2.24, 2.45) is 4.36 Å². The van der Waals surface area contributed by atoms with Crippen LogP contribution in [0.4, 0.5) is 10.5 Å². The molecule has 0 heterocycles. The Balaban J connectivity index is 3.27. The van der Waals surface area contributed by atoms with Gasteiger partial charge in [0.2, 0.25) is 6.19 Å². The van der Waals surface area contributed by atoms with E-state index in [1.54, 1.807) is 20.8 Å². The lowest BCUT2D eigenvalue weighted by atomic mass is 10.2. The molecule has 7 nitrogen and oxygen atoms in total. The molecule has 0 spiro atoms. The highest BCUT2D eigenvalue weighted by molar-refractivity contribution is 7.93. The average Bonchev–Trinajstić information content (AvgIpc) is 2.36. The number of aromatic hydroxyl groups is 1. The Morgan fingerprint density at radius 2 is 2.05 bits per heavy atom. The van der Waals surface area contributed by atoms with Gasteiger partial charge in [0.1, 0.15) is 11.4 Å². The van der Waals surface area contributed by atoms with Gasteiger partial charge in [0.15, 0.2) is 0 Å². The van der Waals surface area contributed by atoms with E-state index in [0.717, 1.165) is 4.90 Å². The quantitative estimate of drug-likeness (QED) is 0.842. The van der Waals surface area contributed by atoms with Crippen molar-refractivity contribution in [1.29, 1.82) is 5.26 Å². The molecule has 0 aliphatic heterocycles. The first-order valence-corrected chi connectivity index (χ1v) is 8.30. The van der Waals surface area contributed by atoms with E-state index in [9.17, 15) is 14.1 Å². The number of phenolic OH excluding ortho intramolecular Hbond substituents is 1. The van der Waals surface area contributed by atoms with Crippen LogP contribution in [0.15, 0.2) is 27.5 Å². The Kier molecular flexibility index (Phi) is 5.04. The van der Waals surface area contributed by atoms with Gasteiger partial charge < -0.3 is 9.84 Å². The predicted octanol–water partition coefficient (Wildman–Crippen LogP) is 2.70. The van der Waals surface area contributed by atoms with Gasteiger partial charge in [-0.25, -0.2) is 9.00 Å². The molecule has 0 saturated carbocycles. The van der Waals surface area contributed by atoms with Crippen LogP contribution in [0.5, 0.6) is 5.75 Å². The molecule has 1 amide bonds. The lowest BCUT2D eigenvalue weighted by Crippen LogP contribution is -2.34. The third kappa shape index (κ3) is 4.36. The van der Waals surface area contributed by atoms with Crippen LogP contribution in [0.25, 0.3) is 0 Å². The lowest BCUT2D eigenvalue weighted by molar-refractivity contribution is 0.0588. The summed E-state index contributed by atoms with van der Waals surface area (Å²) >= 11 is 0. The summed E-state index contributed by atoms with van der Waals surface area (Å²) in [5.74, 6) is -0.177. The molecule has 0 radical (unpaired) electrons. The van der Waals surface area contributed by atoms with E-state index in [1.165, 1.54) is 37.7 Å². The number of phenols is 1. The normalized spacial score (nSPS) is 13.6. The fraction of sp³-hybridized carbons (Fsp3) is 0.429. The van der Waals surface area contributed by atoms with E-state index in [1.807, 2.05) is 0 Å². The molecule has 1 N–H and O–H groups in total. The maximum Gasteiger partial charge on any atom is 0.414 e. The Morgan fingerprint density at radius 3 is 2.55 bits per heavy atom. The molecular formula is C14H19N3O4S. The number of carbonyl (C=O) groups excluding carboxylic acids is 1. The molecule has 0 aliphatic carbocycles. The summed E-state index contributed by atoms with van der Waals surface area (Å²) in [6.07, 6.45) is 2.14. The summed E-state index contributed by atoms with van der Waals surface area (Å²) in [5.41, 5.74) is -0.568. The van der Waals surface area contributed by atoms with Crippen LogP contribution in [0.1, 0.15) is 20.8 Å². The first-order valence-electron chi connectivity index (χ1n) is 6.38. The second kappa shape index (κ2) is 6.23. The molecule has 0 aliphatic rings. The van der Waals surface area contributed by atoms with Gasteiger partial charge >= 0.3 is 6.09 Å². The molecule has 1 atom stereocenters. The van der Waals surface area contributed by atoms with Crippen LogP contribution in [-0.2, 0) is 14.5 Å². The Hall–Kier alpha value is -2.27. The Morgan fingerprint density at radius 1 is 1.45 bits per heavy atom. The van der Waals surface area contributed by atoms with Gasteiger partial charge in [0.05, 0.1) is 20.3 Å². The van der Waals surface area contributed by atoms with Gasteiger partial charge in [-0.3, -0.25) is 4.90 Å². The third-order valence-electron chi connectivity index (χ3n) is 2.63. The largest absolute Gasteiger partial charge is 0.506 e. The van der Waals surface area contributed by atoms with Crippen molar-refractivity contribution in [2.75, 3.05) is 18.2 Å². The summed E-state index contributed by atoms with van der Waals surface area (Å²) in [5, 5.41) is 18.5. The van der Waals surface area contributed by atoms with Crippen LogP contribution in [0, 0.1) is 11.5 Å². The fourth-order valence-electron chi connectivity index (χ4n) is 1.57. The van der Waals surface area contributed by atoms with E-state index in [-0.39, 0.29) is 16.3 Å². The molecule has 1 unspecified atom stereocenters. The fourth-order valence-corrected chi connectivity index (χ4v) is 2.48. The molecule has 0 bridgehead atoms. The number of amides is 1. The highest BCUT2D eigenvalue weighted by Gasteiger charge is 2.23. The molecule has 1 rings (SSSR count). The van der Waals surface area contributed by atoms with Gasteiger partial charge in [-0.2, -0.15) is 5.26 Å². The number of ether oxygens (including phenoxy) is 1. The number of carbonyl (C=O) groups is 1. The van der Waals surface area contributed by atoms with Crippen LogP contribution >= 0.6 is 0 Å². The van der Waals surface area contributed by atoms with Gasteiger partial charge in [-0.15, -0.1) is 4.36 Å².